The number of carbonyl (C=O) groups is 1. The molecule has 1 aromatic carbocycles. The predicted octanol–water partition coefficient (Wildman–Crippen LogP) is 4.44. The van der Waals surface area contributed by atoms with Gasteiger partial charge in [0, 0.05) is 22.8 Å². The summed E-state index contributed by atoms with van der Waals surface area (Å²) < 4.78 is 0. The first-order valence-electron chi connectivity index (χ1n) is 7.06. The summed E-state index contributed by atoms with van der Waals surface area (Å²) in [5, 5.41) is 5.05. The number of amides is 1. The molecule has 1 N–H and O–H groups in total. The topological polar surface area (TPSA) is 54.9 Å². The van der Waals surface area contributed by atoms with Gasteiger partial charge in [0.2, 0.25) is 5.91 Å². The van der Waals surface area contributed by atoms with Crippen molar-refractivity contribution in [3.63, 3.8) is 0 Å². The number of hydrogen-bond donors (Lipinski definition) is 1. The average molecular weight is 344 g/mol. The van der Waals surface area contributed by atoms with E-state index in [0.717, 1.165) is 22.0 Å². The van der Waals surface area contributed by atoms with E-state index in [1.165, 1.54) is 0 Å². The Labute approximate surface area is 143 Å². The van der Waals surface area contributed by atoms with Gasteiger partial charge in [0.15, 0.2) is 0 Å². The lowest BCUT2D eigenvalue weighted by Gasteiger charge is -2.07. The van der Waals surface area contributed by atoms with Crippen LogP contribution in [0.15, 0.2) is 54.0 Å². The standard InChI is InChI=1S/C17H14ClN3OS/c1-11(18)16(22)20-13-6-4-5-12(9-13)15-10-23-17(21-15)14-7-2-3-8-19-14/h2-11H,1H3,(H,20,22). The van der Waals surface area contributed by atoms with Gasteiger partial charge in [0.1, 0.15) is 10.4 Å². The van der Waals surface area contributed by atoms with Crippen molar-refractivity contribution in [2.45, 2.75) is 12.3 Å². The van der Waals surface area contributed by atoms with Crippen molar-refractivity contribution in [1.82, 2.24) is 9.97 Å². The zero-order chi connectivity index (χ0) is 16.2. The fourth-order valence-corrected chi connectivity index (χ4v) is 2.87. The Morgan fingerprint density at radius 1 is 1.22 bits per heavy atom. The first-order chi connectivity index (χ1) is 11.1. The molecule has 0 aliphatic carbocycles. The maximum absolute atomic E-state index is 11.7. The number of halogens is 1. The maximum Gasteiger partial charge on any atom is 0.242 e. The summed E-state index contributed by atoms with van der Waals surface area (Å²) >= 11 is 7.32. The van der Waals surface area contributed by atoms with Crippen molar-refractivity contribution in [2.24, 2.45) is 0 Å². The number of nitrogens with zero attached hydrogens (tertiary/aromatic N) is 2. The molecule has 0 fully saturated rings. The van der Waals surface area contributed by atoms with Crippen LogP contribution in [0, 0.1) is 0 Å². The van der Waals surface area contributed by atoms with E-state index in [-0.39, 0.29) is 5.91 Å². The molecule has 1 amide bonds. The van der Waals surface area contributed by atoms with Crippen molar-refractivity contribution in [3.05, 3.63) is 54.0 Å². The van der Waals surface area contributed by atoms with Crippen molar-refractivity contribution >= 4 is 34.5 Å². The summed E-state index contributed by atoms with van der Waals surface area (Å²) in [6.07, 6.45) is 1.75. The number of aromatic nitrogens is 2. The van der Waals surface area contributed by atoms with Gasteiger partial charge in [-0.05, 0) is 31.2 Å². The lowest BCUT2D eigenvalue weighted by atomic mass is 10.1. The third-order valence-corrected chi connectivity index (χ3v) is 4.24. The zero-order valence-electron chi connectivity index (χ0n) is 12.4. The summed E-state index contributed by atoms with van der Waals surface area (Å²) in [5.74, 6) is -0.226. The van der Waals surface area contributed by atoms with Crippen LogP contribution in [0.2, 0.25) is 0 Å². The number of pyridine rings is 1. The number of rotatable bonds is 4. The number of alkyl halides is 1. The number of hydrogen-bond acceptors (Lipinski definition) is 4. The molecular weight excluding hydrogens is 330 g/mol. The second kappa shape index (κ2) is 6.89. The molecule has 23 heavy (non-hydrogen) atoms. The van der Waals surface area contributed by atoms with E-state index < -0.39 is 5.38 Å². The van der Waals surface area contributed by atoms with Gasteiger partial charge >= 0.3 is 0 Å². The number of benzene rings is 1. The number of nitrogens with one attached hydrogen (secondary N) is 1. The van der Waals surface area contributed by atoms with Gasteiger partial charge in [-0.2, -0.15) is 0 Å². The van der Waals surface area contributed by atoms with Crippen LogP contribution in [0.5, 0.6) is 0 Å². The number of anilines is 1. The van der Waals surface area contributed by atoms with E-state index in [1.54, 1.807) is 24.5 Å². The highest BCUT2D eigenvalue weighted by Crippen LogP contribution is 2.28. The molecule has 2 aromatic heterocycles. The van der Waals surface area contributed by atoms with Crippen LogP contribution in [0.1, 0.15) is 6.92 Å². The fraction of sp³-hybridized carbons (Fsp3) is 0.118. The Hall–Kier alpha value is -2.24. The molecule has 3 rings (SSSR count). The van der Waals surface area contributed by atoms with E-state index in [9.17, 15) is 4.79 Å². The summed E-state index contributed by atoms with van der Waals surface area (Å²) in [4.78, 5) is 20.6. The van der Waals surface area contributed by atoms with Gasteiger partial charge in [0.25, 0.3) is 0 Å². The number of thiazole rings is 1. The van der Waals surface area contributed by atoms with Gasteiger partial charge < -0.3 is 5.32 Å². The number of carbonyl (C=O) groups excluding carboxylic acids is 1. The van der Waals surface area contributed by atoms with E-state index >= 15 is 0 Å². The SMILES string of the molecule is CC(Cl)C(=O)Nc1cccc(-c2csc(-c3ccccn3)n2)c1. The molecule has 1 atom stereocenters. The van der Waals surface area contributed by atoms with E-state index in [1.807, 2.05) is 47.8 Å². The van der Waals surface area contributed by atoms with Crippen LogP contribution in [-0.2, 0) is 4.79 Å². The van der Waals surface area contributed by atoms with Gasteiger partial charge in [-0.3, -0.25) is 9.78 Å². The Morgan fingerprint density at radius 3 is 2.83 bits per heavy atom. The third-order valence-electron chi connectivity index (χ3n) is 3.18. The minimum absolute atomic E-state index is 0.226. The molecule has 0 aliphatic rings. The van der Waals surface area contributed by atoms with Gasteiger partial charge in [-0.1, -0.05) is 18.2 Å². The molecule has 3 aromatic rings. The van der Waals surface area contributed by atoms with Gasteiger partial charge in [-0.25, -0.2) is 4.98 Å². The molecule has 6 heteroatoms. The van der Waals surface area contributed by atoms with Crippen molar-refractivity contribution in [1.29, 1.82) is 0 Å². The molecule has 0 aliphatic heterocycles. The van der Waals surface area contributed by atoms with Crippen LogP contribution in [0.4, 0.5) is 5.69 Å². The minimum Gasteiger partial charge on any atom is -0.325 e. The monoisotopic (exact) mass is 343 g/mol. The summed E-state index contributed by atoms with van der Waals surface area (Å²) in [5.41, 5.74) is 3.34. The normalized spacial score (nSPS) is 11.9. The molecular formula is C17H14ClN3OS. The summed E-state index contributed by atoms with van der Waals surface area (Å²) in [6, 6.07) is 13.3. The average Bonchev–Trinajstić information content (AvgIpc) is 3.06. The van der Waals surface area contributed by atoms with Gasteiger partial charge in [-0.15, -0.1) is 22.9 Å². The Morgan fingerprint density at radius 2 is 2.09 bits per heavy atom. The molecule has 4 nitrogen and oxygen atoms in total. The highest BCUT2D eigenvalue weighted by atomic mass is 35.5. The van der Waals surface area contributed by atoms with Crippen LogP contribution in [0.25, 0.3) is 22.0 Å². The van der Waals surface area contributed by atoms with Crippen LogP contribution in [0.3, 0.4) is 0 Å². The molecule has 1 unspecified atom stereocenters. The van der Waals surface area contributed by atoms with Crippen LogP contribution >= 0.6 is 22.9 Å². The largest absolute Gasteiger partial charge is 0.325 e. The summed E-state index contributed by atoms with van der Waals surface area (Å²) in [6.45, 7) is 1.64. The van der Waals surface area contributed by atoms with Crippen molar-refractivity contribution in [2.75, 3.05) is 5.32 Å². The van der Waals surface area contributed by atoms with E-state index in [0.29, 0.717) is 5.69 Å². The Bertz CT molecular complexity index is 817. The van der Waals surface area contributed by atoms with Crippen molar-refractivity contribution < 1.29 is 4.79 Å². The molecule has 116 valence electrons. The highest BCUT2D eigenvalue weighted by molar-refractivity contribution is 7.13. The van der Waals surface area contributed by atoms with Crippen LogP contribution < -0.4 is 5.32 Å². The molecule has 0 radical (unpaired) electrons. The van der Waals surface area contributed by atoms with Crippen molar-refractivity contribution in [3.8, 4) is 22.0 Å². The Kier molecular flexibility index (Phi) is 4.69. The quantitative estimate of drug-likeness (QED) is 0.712. The fourth-order valence-electron chi connectivity index (χ4n) is 2.01. The molecule has 0 saturated heterocycles. The first kappa shape index (κ1) is 15.6. The smallest absolute Gasteiger partial charge is 0.242 e. The molecule has 0 bridgehead atoms. The van der Waals surface area contributed by atoms with E-state index in [2.05, 4.69) is 15.3 Å². The second-order valence-electron chi connectivity index (χ2n) is 4.94. The zero-order valence-corrected chi connectivity index (χ0v) is 13.9. The second-order valence-corrected chi connectivity index (χ2v) is 6.45. The lowest BCUT2D eigenvalue weighted by Crippen LogP contribution is -2.20. The highest BCUT2D eigenvalue weighted by Gasteiger charge is 2.11. The first-order valence-corrected chi connectivity index (χ1v) is 8.37. The third kappa shape index (κ3) is 3.75. The summed E-state index contributed by atoms with van der Waals surface area (Å²) in [7, 11) is 0. The maximum atomic E-state index is 11.7. The minimum atomic E-state index is -0.575. The molecule has 0 saturated carbocycles. The molecule has 2 heterocycles. The Balaban J connectivity index is 1.85. The molecule has 0 spiro atoms. The van der Waals surface area contributed by atoms with E-state index in [4.69, 9.17) is 11.6 Å². The van der Waals surface area contributed by atoms with Gasteiger partial charge in [0.05, 0.1) is 11.4 Å². The predicted molar refractivity (Wildman–Crippen MR) is 94.7 cm³/mol. The van der Waals surface area contributed by atoms with Crippen LogP contribution in [-0.4, -0.2) is 21.3 Å². The lowest BCUT2D eigenvalue weighted by molar-refractivity contribution is -0.115.